The molecule has 5 nitrogen and oxygen atoms in total. The van der Waals surface area contributed by atoms with E-state index < -0.39 is 10.0 Å². The van der Waals surface area contributed by atoms with Crippen LogP contribution in [0.3, 0.4) is 0 Å². The molecular weight excluding hydrogens is 286 g/mol. The number of aromatic nitrogens is 1. The zero-order chi connectivity index (χ0) is 14.9. The smallest absolute Gasteiger partial charge is 0.214 e. The predicted molar refractivity (Wildman–Crippen MR) is 82.1 cm³/mol. The Morgan fingerprint density at radius 1 is 1.24 bits per heavy atom. The molecule has 0 amide bonds. The van der Waals surface area contributed by atoms with Gasteiger partial charge in [-0.3, -0.25) is 4.98 Å². The normalized spacial score (nSPS) is 30.2. The Morgan fingerprint density at radius 2 is 2.05 bits per heavy atom. The molecule has 0 spiro atoms. The quantitative estimate of drug-likeness (QED) is 0.900. The summed E-state index contributed by atoms with van der Waals surface area (Å²) < 4.78 is 26.7. The summed E-state index contributed by atoms with van der Waals surface area (Å²) in [7, 11) is -3.18. The molecule has 6 heteroatoms. The molecule has 1 aromatic heterocycles. The molecule has 1 saturated carbocycles. The number of aryl methyl sites for hydroxylation is 1. The Balaban J connectivity index is 1.61. The molecule has 0 aromatic carbocycles. The van der Waals surface area contributed by atoms with Crippen molar-refractivity contribution in [3.05, 3.63) is 30.1 Å². The molecular formula is C15H23N3O2S. The summed E-state index contributed by atoms with van der Waals surface area (Å²) in [6.45, 7) is 1.34. The summed E-state index contributed by atoms with van der Waals surface area (Å²) in [5, 5.41) is 0. The van der Waals surface area contributed by atoms with E-state index in [1.165, 1.54) is 0 Å². The summed E-state index contributed by atoms with van der Waals surface area (Å²) >= 11 is 0. The van der Waals surface area contributed by atoms with E-state index in [1.807, 2.05) is 18.2 Å². The lowest BCUT2D eigenvalue weighted by Gasteiger charge is -2.28. The third-order valence-electron chi connectivity index (χ3n) is 4.79. The van der Waals surface area contributed by atoms with Crippen molar-refractivity contribution >= 4 is 10.0 Å². The van der Waals surface area contributed by atoms with Crippen LogP contribution in [0.2, 0.25) is 0 Å². The molecule has 2 fully saturated rings. The van der Waals surface area contributed by atoms with E-state index in [0.29, 0.717) is 31.3 Å². The molecule has 2 N–H and O–H groups in total. The van der Waals surface area contributed by atoms with Crippen molar-refractivity contribution in [1.82, 2.24) is 9.29 Å². The maximum absolute atomic E-state index is 12.5. The highest BCUT2D eigenvalue weighted by Gasteiger charge is 2.40. The van der Waals surface area contributed by atoms with Crippen LogP contribution in [0.5, 0.6) is 0 Å². The van der Waals surface area contributed by atoms with Crippen LogP contribution in [-0.4, -0.2) is 42.6 Å². The molecule has 116 valence electrons. The minimum absolute atomic E-state index is 0.148. The summed E-state index contributed by atoms with van der Waals surface area (Å²) in [6, 6.07) is 5.85. The van der Waals surface area contributed by atoms with Crippen LogP contribution in [0.1, 0.15) is 25.0 Å². The van der Waals surface area contributed by atoms with Crippen molar-refractivity contribution < 1.29 is 8.42 Å². The van der Waals surface area contributed by atoms with Crippen LogP contribution in [0.25, 0.3) is 0 Å². The first kappa shape index (κ1) is 14.9. The minimum atomic E-state index is -3.18. The maximum Gasteiger partial charge on any atom is 0.214 e. The molecule has 1 aliphatic carbocycles. The summed E-state index contributed by atoms with van der Waals surface area (Å²) in [5.74, 6) is 1.11. The van der Waals surface area contributed by atoms with Crippen LogP contribution < -0.4 is 5.73 Å². The van der Waals surface area contributed by atoms with E-state index in [0.717, 1.165) is 25.0 Å². The van der Waals surface area contributed by atoms with E-state index in [2.05, 4.69) is 4.98 Å². The Labute approximate surface area is 126 Å². The molecule has 0 radical (unpaired) electrons. The lowest BCUT2D eigenvalue weighted by atomic mass is 9.79. The van der Waals surface area contributed by atoms with Gasteiger partial charge in [-0.05, 0) is 43.2 Å². The third-order valence-corrected chi connectivity index (χ3v) is 6.60. The number of sulfonamides is 1. The largest absolute Gasteiger partial charge is 0.328 e. The molecule has 1 aromatic rings. The van der Waals surface area contributed by atoms with Gasteiger partial charge < -0.3 is 5.73 Å². The monoisotopic (exact) mass is 309 g/mol. The van der Waals surface area contributed by atoms with Crippen molar-refractivity contribution in [2.24, 2.45) is 17.6 Å². The SMILES string of the molecule is NC1CC[C@@H]2CN(S(=O)(=O)CCc3ccccn3)C[C@@H]2C1. The fourth-order valence-corrected chi connectivity index (χ4v) is 5.12. The number of fused-ring (bicyclic) bond motifs is 1. The van der Waals surface area contributed by atoms with Gasteiger partial charge in [0.25, 0.3) is 0 Å². The fraction of sp³-hybridized carbons (Fsp3) is 0.667. The average molecular weight is 309 g/mol. The first-order chi connectivity index (χ1) is 10.0. The van der Waals surface area contributed by atoms with E-state index in [9.17, 15) is 8.42 Å². The summed E-state index contributed by atoms with van der Waals surface area (Å²) in [6.07, 6.45) is 5.25. The van der Waals surface area contributed by atoms with Gasteiger partial charge in [-0.25, -0.2) is 12.7 Å². The number of rotatable bonds is 4. The van der Waals surface area contributed by atoms with Gasteiger partial charge in [0.05, 0.1) is 5.75 Å². The van der Waals surface area contributed by atoms with Crippen molar-refractivity contribution in [3.8, 4) is 0 Å². The van der Waals surface area contributed by atoms with Crippen molar-refractivity contribution in [2.75, 3.05) is 18.8 Å². The zero-order valence-corrected chi connectivity index (χ0v) is 13.0. The van der Waals surface area contributed by atoms with Gasteiger partial charge in [-0.15, -0.1) is 0 Å². The van der Waals surface area contributed by atoms with Gasteiger partial charge in [-0.1, -0.05) is 6.07 Å². The molecule has 2 aliphatic rings. The Kier molecular flexibility index (Phi) is 4.28. The second-order valence-electron chi connectivity index (χ2n) is 6.30. The second-order valence-corrected chi connectivity index (χ2v) is 8.39. The molecule has 1 aliphatic heterocycles. The van der Waals surface area contributed by atoms with Gasteiger partial charge in [0, 0.05) is 37.4 Å². The number of hydrogen-bond acceptors (Lipinski definition) is 4. The third kappa shape index (κ3) is 3.44. The average Bonchev–Trinajstić information content (AvgIpc) is 2.90. The first-order valence-corrected chi connectivity index (χ1v) is 9.29. The van der Waals surface area contributed by atoms with Crippen molar-refractivity contribution in [3.63, 3.8) is 0 Å². The Morgan fingerprint density at radius 3 is 2.81 bits per heavy atom. The van der Waals surface area contributed by atoms with Gasteiger partial charge >= 0.3 is 0 Å². The van der Waals surface area contributed by atoms with E-state index >= 15 is 0 Å². The van der Waals surface area contributed by atoms with E-state index in [1.54, 1.807) is 10.5 Å². The van der Waals surface area contributed by atoms with E-state index in [4.69, 9.17) is 5.73 Å². The minimum Gasteiger partial charge on any atom is -0.328 e. The summed E-state index contributed by atoms with van der Waals surface area (Å²) in [5.41, 5.74) is 6.84. The molecule has 1 saturated heterocycles. The predicted octanol–water partition coefficient (Wildman–Crippen LogP) is 1.01. The topological polar surface area (TPSA) is 76.3 Å². The molecule has 1 unspecified atom stereocenters. The summed E-state index contributed by atoms with van der Waals surface area (Å²) in [4.78, 5) is 4.19. The standard InChI is InChI=1S/C15H23N3O2S/c16-14-5-4-12-10-18(11-13(12)9-14)21(19,20)8-6-15-3-1-2-7-17-15/h1-3,7,12-14H,4-6,8-11,16H2/t12-,13+,14?/m1/s1. The van der Waals surface area contributed by atoms with Gasteiger partial charge in [0.15, 0.2) is 0 Å². The number of pyridine rings is 1. The Bertz CT molecular complexity index is 576. The molecule has 3 rings (SSSR count). The number of nitrogens with two attached hydrogens (primary N) is 1. The highest BCUT2D eigenvalue weighted by Crippen LogP contribution is 2.36. The lowest BCUT2D eigenvalue weighted by molar-refractivity contribution is 0.271. The van der Waals surface area contributed by atoms with E-state index in [-0.39, 0.29) is 11.8 Å². The van der Waals surface area contributed by atoms with Gasteiger partial charge in [0.2, 0.25) is 10.0 Å². The molecule has 0 bridgehead atoms. The molecule has 3 atom stereocenters. The van der Waals surface area contributed by atoms with Crippen LogP contribution in [0.4, 0.5) is 0 Å². The maximum atomic E-state index is 12.5. The number of hydrogen-bond donors (Lipinski definition) is 1. The zero-order valence-electron chi connectivity index (χ0n) is 12.2. The Hall–Kier alpha value is -0.980. The van der Waals surface area contributed by atoms with Crippen LogP contribution >= 0.6 is 0 Å². The van der Waals surface area contributed by atoms with Crippen molar-refractivity contribution in [2.45, 2.75) is 31.7 Å². The first-order valence-electron chi connectivity index (χ1n) is 7.68. The van der Waals surface area contributed by atoms with Gasteiger partial charge in [-0.2, -0.15) is 0 Å². The highest BCUT2D eigenvalue weighted by atomic mass is 32.2. The highest BCUT2D eigenvalue weighted by molar-refractivity contribution is 7.89. The van der Waals surface area contributed by atoms with Crippen LogP contribution in [0.15, 0.2) is 24.4 Å². The molecule has 21 heavy (non-hydrogen) atoms. The van der Waals surface area contributed by atoms with Crippen molar-refractivity contribution in [1.29, 1.82) is 0 Å². The fourth-order valence-electron chi connectivity index (χ4n) is 3.56. The lowest BCUT2D eigenvalue weighted by Crippen LogP contribution is -2.33. The molecule has 2 heterocycles. The second kappa shape index (κ2) is 6.02. The van der Waals surface area contributed by atoms with Crippen LogP contribution in [0, 0.1) is 11.8 Å². The number of nitrogens with zero attached hydrogens (tertiary/aromatic N) is 2. The van der Waals surface area contributed by atoms with Crippen LogP contribution in [-0.2, 0) is 16.4 Å². The van der Waals surface area contributed by atoms with Gasteiger partial charge in [0.1, 0.15) is 0 Å².